The van der Waals surface area contributed by atoms with Gasteiger partial charge in [-0.05, 0) is 44.5 Å². The summed E-state index contributed by atoms with van der Waals surface area (Å²) in [7, 11) is 0. The molecule has 0 bridgehead atoms. The number of carbonyl (C=O) groups is 1. The van der Waals surface area contributed by atoms with Crippen LogP contribution >= 0.6 is 23.1 Å². The molecule has 0 saturated carbocycles. The number of halogens is 4. The molecule has 188 valence electrons. The number of fused-ring (bicyclic) bond motifs is 1. The van der Waals surface area contributed by atoms with Gasteiger partial charge in [-0.1, -0.05) is 17.3 Å². The lowest BCUT2D eigenvalue weighted by Gasteiger charge is -2.38. The lowest BCUT2D eigenvalue weighted by Crippen LogP contribution is -2.47. The van der Waals surface area contributed by atoms with Gasteiger partial charge in [0.2, 0.25) is 17.6 Å². The molecule has 2 saturated heterocycles. The molecule has 0 radical (unpaired) electrons. The fraction of sp³-hybridized carbons (Fsp3) is 0.500. The Bertz CT molecular complexity index is 1260. The molecule has 0 spiro atoms. The van der Waals surface area contributed by atoms with E-state index in [9.17, 15) is 22.4 Å². The van der Waals surface area contributed by atoms with E-state index in [-0.39, 0.29) is 45.8 Å². The number of nitrogens with zero attached hydrogens (tertiary/aromatic N) is 2. The molecule has 7 nitrogen and oxygen atoms in total. The topological polar surface area (TPSA) is 89.3 Å². The van der Waals surface area contributed by atoms with Crippen LogP contribution in [-0.4, -0.2) is 46.0 Å². The Morgan fingerprint density at radius 3 is 2.83 bits per heavy atom. The molecule has 5 rings (SSSR count). The molecule has 2 aliphatic heterocycles. The number of nitrogens with one attached hydrogen (secondary N) is 2. The smallest absolute Gasteiger partial charge is 0.378 e. The fourth-order valence-electron chi connectivity index (χ4n) is 4.32. The second-order valence-electron chi connectivity index (χ2n) is 9.15. The zero-order chi connectivity index (χ0) is 25.0. The summed E-state index contributed by atoms with van der Waals surface area (Å²) in [5, 5.41) is 10.2. The van der Waals surface area contributed by atoms with Gasteiger partial charge in [0.25, 0.3) is 0 Å². The molecule has 13 heteroatoms. The van der Waals surface area contributed by atoms with Crippen molar-refractivity contribution in [3.05, 3.63) is 24.1 Å². The van der Waals surface area contributed by atoms with Crippen molar-refractivity contribution < 1.29 is 31.6 Å². The van der Waals surface area contributed by atoms with Gasteiger partial charge in [0.05, 0.1) is 33.5 Å². The highest BCUT2D eigenvalue weighted by Gasteiger charge is 2.38. The minimum absolute atomic E-state index is 0.00983. The summed E-state index contributed by atoms with van der Waals surface area (Å²) in [6, 6.07) is 3.92. The van der Waals surface area contributed by atoms with Gasteiger partial charge in [0, 0.05) is 16.7 Å². The first-order valence-corrected chi connectivity index (χ1v) is 12.6. The molecule has 35 heavy (non-hydrogen) atoms. The quantitative estimate of drug-likeness (QED) is 0.317. The van der Waals surface area contributed by atoms with Crippen molar-refractivity contribution >= 4 is 44.8 Å². The van der Waals surface area contributed by atoms with Crippen LogP contribution in [0.2, 0.25) is 0 Å². The van der Waals surface area contributed by atoms with E-state index >= 15 is 0 Å². The predicted molar refractivity (Wildman–Crippen MR) is 124 cm³/mol. The number of amides is 1. The standard InChI is InChI=1S/C22H22F4N4O3S2/c1-21(2)8-14(11(23)9-32-21)27-12-5-3-4-10-16(12)34-18(17(10)35-22(24,25)26)19-29-20(33-30-19)13-6-7-15(31)28-13/h3-5,11,13-14,27H,6-9H2,1-2H3,(H,28,31)/t11-,13-,14+/m1/s1. The first-order valence-electron chi connectivity index (χ1n) is 11.0. The third-order valence-corrected chi connectivity index (χ3v) is 8.17. The number of thioether (sulfide) groups is 1. The van der Waals surface area contributed by atoms with Gasteiger partial charge in [0.1, 0.15) is 12.2 Å². The van der Waals surface area contributed by atoms with Crippen LogP contribution in [0, 0.1) is 0 Å². The number of carbonyl (C=O) groups excluding carboxylic acids is 1. The molecule has 1 amide bonds. The van der Waals surface area contributed by atoms with Crippen LogP contribution in [0.5, 0.6) is 0 Å². The molecule has 1 aromatic carbocycles. The van der Waals surface area contributed by atoms with Crippen molar-refractivity contribution in [1.29, 1.82) is 0 Å². The lowest BCUT2D eigenvalue weighted by atomic mass is 9.92. The van der Waals surface area contributed by atoms with Crippen LogP contribution in [0.3, 0.4) is 0 Å². The van der Waals surface area contributed by atoms with Crippen molar-refractivity contribution in [2.75, 3.05) is 11.9 Å². The Morgan fingerprint density at radius 2 is 2.11 bits per heavy atom. The number of aromatic nitrogens is 2. The molecule has 2 aromatic heterocycles. The normalized spacial score (nSPS) is 24.6. The van der Waals surface area contributed by atoms with E-state index in [1.165, 1.54) is 0 Å². The third-order valence-electron chi connectivity index (χ3n) is 5.95. The molecule has 4 heterocycles. The third kappa shape index (κ3) is 5.12. The molecule has 2 fully saturated rings. The summed E-state index contributed by atoms with van der Waals surface area (Å²) >= 11 is 0.834. The van der Waals surface area contributed by atoms with Gasteiger partial charge in [-0.2, -0.15) is 18.2 Å². The van der Waals surface area contributed by atoms with E-state index in [4.69, 9.17) is 9.26 Å². The van der Waals surface area contributed by atoms with Crippen LogP contribution < -0.4 is 10.6 Å². The van der Waals surface area contributed by atoms with E-state index in [0.29, 0.717) is 35.0 Å². The summed E-state index contributed by atoms with van der Waals surface area (Å²) in [5.74, 6) is 0.00744. The number of hydrogen-bond acceptors (Lipinski definition) is 8. The Balaban J connectivity index is 1.54. The zero-order valence-corrected chi connectivity index (χ0v) is 20.4. The summed E-state index contributed by atoms with van der Waals surface area (Å²) in [5.41, 5.74) is -4.55. The molecule has 3 aromatic rings. The maximum absolute atomic E-state index is 14.6. The number of hydrogen-bond donors (Lipinski definition) is 2. The fourth-order valence-corrected chi connectivity index (χ4v) is 6.43. The minimum atomic E-state index is -4.55. The number of alkyl halides is 4. The largest absolute Gasteiger partial charge is 0.446 e. The Hall–Kier alpha value is -2.38. The Kier molecular flexibility index (Phi) is 6.20. The number of rotatable bonds is 5. The Labute approximate surface area is 206 Å². The van der Waals surface area contributed by atoms with E-state index < -0.39 is 29.4 Å². The van der Waals surface area contributed by atoms with Gasteiger partial charge in [-0.25, -0.2) is 4.39 Å². The van der Waals surface area contributed by atoms with Crippen molar-refractivity contribution in [2.24, 2.45) is 0 Å². The highest BCUT2D eigenvalue weighted by atomic mass is 32.2. The molecule has 2 N–H and O–H groups in total. The average Bonchev–Trinajstić information content (AvgIpc) is 3.49. The first-order chi connectivity index (χ1) is 16.5. The van der Waals surface area contributed by atoms with Crippen LogP contribution in [0.25, 0.3) is 20.8 Å². The number of ether oxygens (including phenoxy) is 1. The average molecular weight is 531 g/mol. The maximum Gasteiger partial charge on any atom is 0.446 e. The minimum Gasteiger partial charge on any atom is -0.378 e. The Morgan fingerprint density at radius 1 is 1.31 bits per heavy atom. The van der Waals surface area contributed by atoms with Crippen LogP contribution in [0.4, 0.5) is 23.2 Å². The number of benzene rings is 1. The number of thiophene rings is 1. The highest BCUT2D eigenvalue weighted by Crippen LogP contribution is 2.51. The van der Waals surface area contributed by atoms with E-state index in [1.54, 1.807) is 18.2 Å². The van der Waals surface area contributed by atoms with Gasteiger partial charge < -0.3 is 19.9 Å². The summed E-state index contributed by atoms with van der Waals surface area (Å²) in [6.45, 7) is 3.68. The van der Waals surface area contributed by atoms with Crippen LogP contribution in [0.1, 0.15) is 45.0 Å². The van der Waals surface area contributed by atoms with Crippen LogP contribution in [-0.2, 0) is 9.53 Å². The van der Waals surface area contributed by atoms with Crippen molar-refractivity contribution in [3.8, 4) is 10.7 Å². The molecular formula is C22H22F4N4O3S2. The van der Waals surface area contributed by atoms with Crippen LogP contribution in [0.15, 0.2) is 27.6 Å². The second-order valence-corrected chi connectivity index (χ2v) is 11.2. The van der Waals surface area contributed by atoms with Crippen molar-refractivity contribution in [2.45, 2.75) is 67.4 Å². The highest BCUT2D eigenvalue weighted by molar-refractivity contribution is 8.00. The lowest BCUT2D eigenvalue weighted by molar-refractivity contribution is -0.119. The second kappa shape index (κ2) is 8.93. The summed E-state index contributed by atoms with van der Waals surface area (Å²) < 4.78 is 66.5. The molecule has 3 atom stereocenters. The van der Waals surface area contributed by atoms with E-state index in [2.05, 4.69) is 20.8 Å². The van der Waals surface area contributed by atoms with Gasteiger partial charge in [-0.3, -0.25) is 4.79 Å². The van der Waals surface area contributed by atoms with Crippen molar-refractivity contribution in [1.82, 2.24) is 15.5 Å². The zero-order valence-electron chi connectivity index (χ0n) is 18.7. The van der Waals surface area contributed by atoms with Gasteiger partial charge >= 0.3 is 5.51 Å². The molecular weight excluding hydrogens is 508 g/mol. The summed E-state index contributed by atoms with van der Waals surface area (Å²) in [6.07, 6.45) is -0.0812. The maximum atomic E-state index is 14.6. The summed E-state index contributed by atoms with van der Waals surface area (Å²) in [4.78, 5) is 16.0. The number of anilines is 1. The SMILES string of the molecule is CC1(C)C[C@H](Nc2cccc3c(SC(F)(F)F)c(-c4noc([C@H]5CCC(=O)N5)n4)sc23)[C@H](F)CO1. The van der Waals surface area contributed by atoms with E-state index in [1.807, 2.05) is 13.8 Å². The van der Waals surface area contributed by atoms with E-state index in [0.717, 1.165) is 11.3 Å². The predicted octanol–water partition coefficient (Wildman–Crippen LogP) is 5.83. The van der Waals surface area contributed by atoms with Crippen molar-refractivity contribution in [3.63, 3.8) is 0 Å². The van der Waals surface area contributed by atoms with Gasteiger partial charge in [0.15, 0.2) is 0 Å². The molecule has 2 aliphatic rings. The van der Waals surface area contributed by atoms with Gasteiger partial charge in [-0.15, -0.1) is 11.3 Å². The molecule has 0 aliphatic carbocycles. The first kappa shape index (κ1) is 24.3. The molecule has 0 unspecified atom stereocenters. The monoisotopic (exact) mass is 530 g/mol.